The summed E-state index contributed by atoms with van der Waals surface area (Å²) in [7, 11) is 0. The molecule has 0 aliphatic heterocycles. The molecule has 3 nitrogen and oxygen atoms in total. The van der Waals surface area contributed by atoms with Gasteiger partial charge in [-0.1, -0.05) is 29.8 Å². The van der Waals surface area contributed by atoms with Crippen LogP contribution >= 0.6 is 0 Å². The van der Waals surface area contributed by atoms with Crippen molar-refractivity contribution >= 4 is 0 Å². The molecule has 0 radical (unpaired) electrons. The van der Waals surface area contributed by atoms with E-state index in [1.807, 2.05) is 13.8 Å². The lowest BCUT2D eigenvalue weighted by molar-refractivity contribution is 0.278. The van der Waals surface area contributed by atoms with Crippen LogP contribution in [0.2, 0.25) is 0 Å². The zero-order chi connectivity index (χ0) is 14.1. The van der Waals surface area contributed by atoms with E-state index in [4.69, 9.17) is 4.42 Å². The Kier molecular flexibility index (Phi) is 3.62. The van der Waals surface area contributed by atoms with Gasteiger partial charge in [-0.05, 0) is 45.1 Å². The molecule has 0 unspecified atom stereocenters. The molecule has 1 aromatic carbocycles. The second kappa shape index (κ2) is 5.41. The van der Waals surface area contributed by atoms with Crippen molar-refractivity contribution in [3.63, 3.8) is 0 Å². The van der Waals surface area contributed by atoms with Gasteiger partial charge in [-0.3, -0.25) is 0 Å². The first-order chi connectivity index (χ1) is 9.61. The molecular weight excluding hydrogens is 248 g/mol. The van der Waals surface area contributed by atoms with Crippen LogP contribution in [0.5, 0.6) is 0 Å². The maximum atomic E-state index is 5.59. The van der Waals surface area contributed by atoms with Crippen molar-refractivity contribution in [2.45, 2.75) is 52.1 Å². The number of oxazole rings is 1. The first kappa shape index (κ1) is 13.4. The van der Waals surface area contributed by atoms with Gasteiger partial charge >= 0.3 is 0 Å². The van der Waals surface area contributed by atoms with Crippen molar-refractivity contribution in [2.24, 2.45) is 0 Å². The Morgan fingerprint density at radius 1 is 1.25 bits per heavy atom. The molecule has 2 aromatic rings. The average molecular weight is 270 g/mol. The van der Waals surface area contributed by atoms with Gasteiger partial charge in [0.1, 0.15) is 5.76 Å². The third-order valence-electron chi connectivity index (χ3n) is 4.27. The van der Waals surface area contributed by atoms with Crippen molar-refractivity contribution in [1.29, 1.82) is 0 Å². The molecule has 1 N–H and O–H groups in total. The first-order valence-corrected chi connectivity index (χ1v) is 7.34. The largest absolute Gasteiger partial charge is 0.444 e. The molecule has 1 aliphatic rings. The molecule has 0 amide bonds. The fourth-order valence-electron chi connectivity index (χ4n) is 2.83. The smallest absolute Gasteiger partial charge is 0.208 e. The number of nitrogens with one attached hydrogen (secondary N) is 1. The Labute approximate surface area is 120 Å². The van der Waals surface area contributed by atoms with E-state index >= 15 is 0 Å². The molecule has 0 spiro atoms. The van der Waals surface area contributed by atoms with Crippen LogP contribution in [0.15, 0.2) is 28.7 Å². The van der Waals surface area contributed by atoms with Crippen molar-refractivity contribution in [1.82, 2.24) is 10.3 Å². The van der Waals surface area contributed by atoms with E-state index in [1.165, 1.54) is 24.0 Å². The second-order valence-corrected chi connectivity index (χ2v) is 5.91. The van der Waals surface area contributed by atoms with Crippen molar-refractivity contribution in [2.75, 3.05) is 0 Å². The van der Waals surface area contributed by atoms with Crippen LogP contribution in [-0.4, -0.2) is 11.0 Å². The van der Waals surface area contributed by atoms with Gasteiger partial charge < -0.3 is 9.73 Å². The summed E-state index contributed by atoms with van der Waals surface area (Å²) in [5, 5.41) is 3.53. The van der Waals surface area contributed by atoms with Crippen LogP contribution < -0.4 is 5.32 Å². The van der Waals surface area contributed by atoms with Crippen LogP contribution in [0.25, 0.3) is 0 Å². The van der Waals surface area contributed by atoms with E-state index in [2.05, 4.69) is 41.5 Å². The molecule has 1 aliphatic carbocycles. The minimum absolute atomic E-state index is 0.591. The zero-order valence-corrected chi connectivity index (χ0v) is 12.4. The summed E-state index contributed by atoms with van der Waals surface area (Å²) in [5.41, 5.74) is 3.82. The monoisotopic (exact) mass is 270 g/mol. The molecule has 1 heterocycles. The van der Waals surface area contributed by atoms with E-state index in [0.717, 1.165) is 23.9 Å². The van der Waals surface area contributed by atoms with Gasteiger partial charge in [0.15, 0.2) is 0 Å². The number of aryl methyl sites for hydroxylation is 3. The van der Waals surface area contributed by atoms with E-state index in [1.54, 1.807) is 0 Å². The van der Waals surface area contributed by atoms with E-state index < -0.39 is 0 Å². The molecule has 1 aromatic heterocycles. The summed E-state index contributed by atoms with van der Waals surface area (Å²) < 4.78 is 5.59. The lowest BCUT2D eigenvalue weighted by atomic mass is 9.75. The Balaban J connectivity index is 1.49. The fraction of sp³-hybridized carbons (Fsp3) is 0.471. The number of aromatic nitrogens is 1. The van der Waals surface area contributed by atoms with E-state index in [0.29, 0.717) is 12.0 Å². The van der Waals surface area contributed by atoms with Gasteiger partial charge in [0, 0.05) is 6.04 Å². The Morgan fingerprint density at radius 3 is 2.70 bits per heavy atom. The van der Waals surface area contributed by atoms with E-state index in [9.17, 15) is 0 Å². The van der Waals surface area contributed by atoms with Gasteiger partial charge in [0.05, 0.1) is 12.2 Å². The zero-order valence-electron chi connectivity index (χ0n) is 12.4. The summed E-state index contributed by atoms with van der Waals surface area (Å²) in [5.74, 6) is 2.44. The maximum Gasteiger partial charge on any atom is 0.208 e. The summed E-state index contributed by atoms with van der Waals surface area (Å²) >= 11 is 0. The predicted molar refractivity (Wildman–Crippen MR) is 79.8 cm³/mol. The lowest BCUT2D eigenvalue weighted by Gasteiger charge is -2.36. The number of hydrogen-bond donors (Lipinski definition) is 1. The highest BCUT2D eigenvalue weighted by atomic mass is 16.4. The number of hydrogen-bond acceptors (Lipinski definition) is 3. The van der Waals surface area contributed by atoms with Gasteiger partial charge in [-0.15, -0.1) is 0 Å². The highest BCUT2D eigenvalue weighted by Crippen LogP contribution is 2.37. The molecule has 106 valence electrons. The van der Waals surface area contributed by atoms with Crippen molar-refractivity contribution in [3.8, 4) is 0 Å². The molecule has 3 rings (SSSR count). The average Bonchev–Trinajstić information content (AvgIpc) is 2.67. The predicted octanol–water partition coefficient (Wildman–Crippen LogP) is 3.64. The lowest BCUT2D eigenvalue weighted by Crippen LogP contribution is -2.39. The molecule has 0 bridgehead atoms. The minimum atomic E-state index is 0.591. The van der Waals surface area contributed by atoms with Gasteiger partial charge in [-0.2, -0.15) is 0 Å². The first-order valence-electron chi connectivity index (χ1n) is 7.34. The fourth-order valence-corrected chi connectivity index (χ4v) is 2.83. The number of rotatable bonds is 4. The quantitative estimate of drug-likeness (QED) is 0.921. The molecule has 0 saturated heterocycles. The summed E-state index contributed by atoms with van der Waals surface area (Å²) in [4.78, 5) is 4.40. The topological polar surface area (TPSA) is 38.1 Å². The molecule has 0 atom stereocenters. The normalized spacial score (nSPS) is 21.8. The van der Waals surface area contributed by atoms with Gasteiger partial charge in [0.2, 0.25) is 5.89 Å². The Hall–Kier alpha value is -1.61. The maximum absolute atomic E-state index is 5.59. The van der Waals surface area contributed by atoms with Crippen LogP contribution in [0.4, 0.5) is 0 Å². The SMILES string of the molecule is Cc1cccc(C2CC(NCc3nc(C)c(C)o3)C2)c1. The molecular formula is C17H22N2O. The number of benzene rings is 1. The molecule has 1 saturated carbocycles. The molecule has 3 heteroatoms. The van der Waals surface area contributed by atoms with Crippen LogP contribution in [-0.2, 0) is 6.54 Å². The summed E-state index contributed by atoms with van der Waals surface area (Å²) in [6.45, 7) is 6.84. The Bertz CT molecular complexity index is 577. The standard InChI is InChI=1S/C17H22N2O/c1-11-5-4-6-14(7-11)15-8-16(9-15)18-10-17-19-12(2)13(3)20-17/h4-7,15-16,18H,8-10H2,1-3H3. The van der Waals surface area contributed by atoms with Crippen molar-refractivity contribution < 1.29 is 4.42 Å². The molecule has 1 fully saturated rings. The summed E-state index contributed by atoms with van der Waals surface area (Å²) in [6, 6.07) is 9.46. The Morgan fingerprint density at radius 2 is 2.05 bits per heavy atom. The molecule has 20 heavy (non-hydrogen) atoms. The number of nitrogens with zero attached hydrogens (tertiary/aromatic N) is 1. The van der Waals surface area contributed by atoms with E-state index in [-0.39, 0.29) is 0 Å². The highest BCUT2D eigenvalue weighted by molar-refractivity contribution is 5.27. The second-order valence-electron chi connectivity index (χ2n) is 5.91. The van der Waals surface area contributed by atoms with Crippen LogP contribution in [0, 0.1) is 20.8 Å². The van der Waals surface area contributed by atoms with Crippen molar-refractivity contribution in [3.05, 3.63) is 52.7 Å². The highest BCUT2D eigenvalue weighted by Gasteiger charge is 2.30. The summed E-state index contributed by atoms with van der Waals surface area (Å²) in [6.07, 6.45) is 2.42. The van der Waals surface area contributed by atoms with Crippen LogP contribution in [0.3, 0.4) is 0 Å². The van der Waals surface area contributed by atoms with Gasteiger partial charge in [0.25, 0.3) is 0 Å². The third kappa shape index (κ3) is 2.78. The minimum Gasteiger partial charge on any atom is -0.444 e. The van der Waals surface area contributed by atoms with Crippen LogP contribution in [0.1, 0.15) is 47.2 Å². The third-order valence-corrected chi connectivity index (χ3v) is 4.27. The van der Waals surface area contributed by atoms with Gasteiger partial charge in [-0.25, -0.2) is 4.98 Å².